The van der Waals surface area contributed by atoms with Crippen molar-refractivity contribution >= 4 is 5.91 Å². The van der Waals surface area contributed by atoms with Crippen molar-refractivity contribution in [3.8, 4) is 0 Å². The first-order valence-electron chi connectivity index (χ1n) is 5.72. The lowest BCUT2D eigenvalue weighted by Crippen LogP contribution is -2.35. The van der Waals surface area contributed by atoms with E-state index in [1.54, 1.807) is 0 Å². The molecule has 1 aliphatic heterocycles. The van der Waals surface area contributed by atoms with Crippen LogP contribution >= 0.6 is 0 Å². The summed E-state index contributed by atoms with van der Waals surface area (Å²) in [7, 11) is 0. The van der Waals surface area contributed by atoms with Gasteiger partial charge in [0.1, 0.15) is 0 Å². The van der Waals surface area contributed by atoms with Crippen LogP contribution in [0.2, 0.25) is 0 Å². The van der Waals surface area contributed by atoms with E-state index in [2.05, 4.69) is 24.5 Å². The molecule has 14 heavy (non-hydrogen) atoms. The van der Waals surface area contributed by atoms with Gasteiger partial charge in [-0.2, -0.15) is 0 Å². The van der Waals surface area contributed by atoms with Crippen LogP contribution in [0, 0.1) is 5.92 Å². The van der Waals surface area contributed by atoms with Crippen LogP contribution in [0.15, 0.2) is 0 Å². The third-order valence-corrected chi connectivity index (χ3v) is 2.95. The Balaban J connectivity index is 2.18. The average molecular weight is 198 g/mol. The van der Waals surface area contributed by atoms with E-state index in [0.717, 1.165) is 32.4 Å². The van der Waals surface area contributed by atoms with E-state index >= 15 is 0 Å². The smallest absolute Gasteiger partial charge is 0.220 e. The van der Waals surface area contributed by atoms with Gasteiger partial charge in [0.05, 0.1) is 0 Å². The van der Waals surface area contributed by atoms with E-state index < -0.39 is 0 Å². The zero-order valence-corrected chi connectivity index (χ0v) is 9.31. The van der Waals surface area contributed by atoms with Crippen molar-refractivity contribution in [3.63, 3.8) is 0 Å². The molecule has 1 saturated heterocycles. The zero-order chi connectivity index (χ0) is 10.4. The summed E-state index contributed by atoms with van der Waals surface area (Å²) >= 11 is 0. The summed E-state index contributed by atoms with van der Waals surface area (Å²) in [5.74, 6) is 0.826. The van der Waals surface area contributed by atoms with Crippen LogP contribution in [0.25, 0.3) is 0 Å². The summed E-state index contributed by atoms with van der Waals surface area (Å²) in [5.41, 5.74) is 0. The van der Waals surface area contributed by atoms with Gasteiger partial charge in [-0.3, -0.25) is 4.79 Å². The fraction of sp³-hybridized carbons (Fsp3) is 0.909. The molecule has 0 spiro atoms. The van der Waals surface area contributed by atoms with E-state index in [1.807, 2.05) is 0 Å². The highest BCUT2D eigenvalue weighted by Crippen LogP contribution is 2.15. The van der Waals surface area contributed by atoms with Gasteiger partial charge in [-0.15, -0.1) is 0 Å². The van der Waals surface area contributed by atoms with Crippen molar-refractivity contribution in [1.29, 1.82) is 0 Å². The Morgan fingerprint density at radius 3 is 2.71 bits per heavy atom. The summed E-state index contributed by atoms with van der Waals surface area (Å²) in [4.78, 5) is 11.5. The molecule has 1 fully saturated rings. The third kappa shape index (κ3) is 4.09. The normalized spacial score (nSPS) is 20.4. The van der Waals surface area contributed by atoms with Gasteiger partial charge in [-0.1, -0.05) is 6.92 Å². The van der Waals surface area contributed by atoms with E-state index in [4.69, 9.17) is 0 Å². The van der Waals surface area contributed by atoms with Gasteiger partial charge >= 0.3 is 0 Å². The first-order valence-corrected chi connectivity index (χ1v) is 5.72. The minimum atomic E-state index is 0.228. The average Bonchev–Trinajstić information content (AvgIpc) is 2.19. The molecule has 3 nitrogen and oxygen atoms in total. The molecule has 1 amide bonds. The molecule has 0 saturated carbocycles. The van der Waals surface area contributed by atoms with Crippen LogP contribution in [-0.2, 0) is 4.79 Å². The van der Waals surface area contributed by atoms with E-state index in [9.17, 15) is 4.79 Å². The van der Waals surface area contributed by atoms with Crippen molar-refractivity contribution in [2.45, 2.75) is 45.6 Å². The van der Waals surface area contributed by atoms with Gasteiger partial charge < -0.3 is 10.6 Å². The molecular weight excluding hydrogens is 176 g/mol. The summed E-state index contributed by atoms with van der Waals surface area (Å²) in [5, 5.41) is 6.33. The van der Waals surface area contributed by atoms with Crippen molar-refractivity contribution in [2.75, 3.05) is 13.1 Å². The number of rotatable bonds is 4. The summed E-state index contributed by atoms with van der Waals surface area (Å²) in [6.45, 7) is 6.29. The van der Waals surface area contributed by atoms with Gasteiger partial charge in [-0.25, -0.2) is 0 Å². The highest BCUT2D eigenvalue weighted by Gasteiger charge is 2.17. The molecular formula is C11H22N2O. The molecule has 0 aliphatic carbocycles. The highest BCUT2D eigenvalue weighted by molar-refractivity contribution is 5.76. The Labute approximate surface area is 86.6 Å². The monoisotopic (exact) mass is 198 g/mol. The first-order chi connectivity index (χ1) is 6.72. The summed E-state index contributed by atoms with van der Waals surface area (Å²) < 4.78 is 0. The lowest BCUT2D eigenvalue weighted by Gasteiger charge is -2.22. The van der Waals surface area contributed by atoms with Gasteiger partial charge in [0.15, 0.2) is 0 Å². The topological polar surface area (TPSA) is 41.1 Å². The number of piperidine rings is 1. The number of amides is 1. The Bertz CT molecular complexity index is 176. The summed E-state index contributed by atoms with van der Waals surface area (Å²) in [6, 6.07) is 0.323. The lowest BCUT2D eigenvalue weighted by molar-refractivity contribution is -0.122. The Hall–Kier alpha value is -0.570. The van der Waals surface area contributed by atoms with Gasteiger partial charge in [0, 0.05) is 12.5 Å². The fourth-order valence-corrected chi connectivity index (χ4v) is 1.78. The van der Waals surface area contributed by atoms with Gasteiger partial charge in [0.25, 0.3) is 0 Å². The molecule has 2 N–H and O–H groups in total. The van der Waals surface area contributed by atoms with Crippen LogP contribution in [0.1, 0.15) is 39.5 Å². The maximum atomic E-state index is 11.5. The van der Waals surface area contributed by atoms with E-state index in [0.29, 0.717) is 18.4 Å². The quantitative estimate of drug-likeness (QED) is 0.714. The van der Waals surface area contributed by atoms with Crippen molar-refractivity contribution in [3.05, 3.63) is 0 Å². The van der Waals surface area contributed by atoms with E-state index in [1.165, 1.54) is 0 Å². The largest absolute Gasteiger partial charge is 0.354 e. The Morgan fingerprint density at radius 1 is 1.50 bits per heavy atom. The molecule has 1 aliphatic rings. The molecule has 82 valence electrons. The number of carbonyl (C=O) groups is 1. The molecule has 1 atom stereocenters. The fourth-order valence-electron chi connectivity index (χ4n) is 1.78. The predicted octanol–water partition coefficient (Wildman–Crippen LogP) is 1.29. The zero-order valence-electron chi connectivity index (χ0n) is 9.31. The van der Waals surface area contributed by atoms with Crippen LogP contribution < -0.4 is 10.6 Å². The molecule has 0 aromatic rings. The lowest BCUT2D eigenvalue weighted by atomic mass is 9.94. The standard InChI is InChI=1S/C11H22N2O/c1-3-9(2)13-11(14)8-10-4-6-12-7-5-10/h9-10,12H,3-8H2,1-2H3,(H,13,14). The SMILES string of the molecule is CCC(C)NC(=O)CC1CCNCC1. The second-order valence-corrected chi connectivity index (χ2v) is 4.27. The molecule has 1 rings (SSSR count). The predicted molar refractivity (Wildman–Crippen MR) is 58.1 cm³/mol. The minimum Gasteiger partial charge on any atom is -0.354 e. The van der Waals surface area contributed by atoms with Gasteiger partial charge in [0.2, 0.25) is 5.91 Å². The maximum absolute atomic E-state index is 11.5. The maximum Gasteiger partial charge on any atom is 0.220 e. The molecule has 0 aromatic carbocycles. The van der Waals surface area contributed by atoms with Crippen LogP contribution in [0.4, 0.5) is 0 Å². The van der Waals surface area contributed by atoms with Crippen LogP contribution in [0.3, 0.4) is 0 Å². The molecule has 1 heterocycles. The van der Waals surface area contributed by atoms with Crippen molar-refractivity contribution < 1.29 is 4.79 Å². The number of hydrogen-bond acceptors (Lipinski definition) is 2. The number of nitrogens with one attached hydrogen (secondary N) is 2. The van der Waals surface area contributed by atoms with Gasteiger partial charge in [-0.05, 0) is 45.2 Å². The Kier molecular flexibility index (Phi) is 4.94. The second-order valence-electron chi connectivity index (χ2n) is 4.27. The molecule has 0 radical (unpaired) electrons. The number of carbonyl (C=O) groups excluding carboxylic acids is 1. The Morgan fingerprint density at radius 2 is 2.14 bits per heavy atom. The molecule has 0 aromatic heterocycles. The first kappa shape index (κ1) is 11.5. The molecule has 1 unspecified atom stereocenters. The van der Waals surface area contributed by atoms with Crippen LogP contribution in [-0.4, -0.2) is 25.0 Å². The summed E-state index contributed by atoms with van der Waals surface area (Å²) in [6.07, 6.45) is 4.02. The minimum absolute atomic E-state index is 0.228. The molecule has 3 heteroatoms. The second kappa shape index (κ2) is 6.02. The van der Waals surface area contributed by atoms with Crippen molar-refractivity contribution in [2.24, 2.45) is 5.92 Å². The van der Waals surface area contributed by atoms with Crippen molar-refractivity contribution in [1.82, 2.24) is 10.6 Å². The highest BCUT2D eigenvalue weighted by atomic mass is 16.1. The number of hydrogen-bond donors (Lipinski definition) is 2. The van der Waals surface area contributed by atoms with Crippen LogP contribution in [0.5, 0.6) is 0 Å². The molecule has 0 bridgehead atoms. The third-order valence-electron chi connectivity index (χ3n) is 2.95. The van der Waals surface area contributed by atoms with E-state index in [-0.39, 0.29) is 5.91 Å².